The van der Waals surface area contributed by atoms with Crippen LogP contribution in [0.15, 0.2) is 91.0 Å². The summed E-state index contributed by atoms with van der Waals surface area (Å²) in [6.07, 6.45) is 0. The molecule has 0 aliphatic carbocycles. The van der Waals surface area contributed by atoms with Crippen LogP contribution in [-0.4, -0.2) is 0 Å². The molecular formula is C31H18Cl2. The third-order valence-corrected chi connectivity index (χ3v) is 5.70. The zero-order valence-corrected chi connectivity index (χ0v) is 19.4. The van der Waals surface area contributed by atoms with Crippen LogP contribution in [0.2, 0.25) is 10.0 Å². The summed E-state index contributed by atoms with van der Waals surface area (Å²) in [7, 11) is 0. The lowest BCUT2D eigenvalue weighted by Crippen LogP contribution is -1.97. The van der Waals surface area contributed by atoms with E-state index in [4.69, 9.17) is 23.2 Å². The quantitative estimate of drug-likeness (QED) is 0.238. The predicted molar refractivity (Wildman–Crippen MR) is 138 cm³/mol. The maximum absolute atomic E-state index is 6.80. The van der Waals surface area contributed by atoms with Gasteiger partial charge >= 0.3 is 0 Å². The summed E-state index contributed by atoms with van der Waals surface area (Å²) in [5.41, 5.74) is 5.40. The fourth-order valence-corrected chi connectivity index (χ4v) is 3.89. The van der Waals surface area contributed by atoms with E-state index in [1.807, 2.05) is 97.9 Å². The van der Waals surface area contributed by atoms with Crippen LogP contribution >= 0.6 is 23.2 Å². The summed E-state index contributed by atoms with van der Waals surface area (Å²) in [6.45, 7) is 1.94. The maximum Gasteiger partial charge on any atom is 0.0737 e. The summed E-state index contributed by atoms with van der Waals surface area (Å²) in [6, 6.07) is 29.3. The van der Waals surface area contributed by atoms with Crippen molar-refractivity contribution in [1.29, 1.82) is 0 Å². The SMILES string of the molecule is Cc1c(C#Cc2ccccc2)c(Cl)c(C#Cc2ccccc2)c(Cl)c1C#Cc1ccccc1. The van der Waals surface area contributed by atoms with Gasteiger partial charge in [0, 0.05) is 27.8 Å². The summed E-state index contributed by atoms with van der Waals surface area (Å²) in [5, 5.41) is 0.879. The van der Waals surface area contributed by atoms with Gasteiger partial charge in [0.15, 0.2) is 0 Å². The van der Waals surface area contributed by atoms with E-state index in [0.29, 0.717) is 26.7 Å². The van der Waals surface area contributed by atoms with Crippen LogP contribution in [0.4, 0.5) is 0 Å². The summed E-state index contributed by atoms with van der Waals surface area (Å²) >= 11 is 13.6. The molecule has 0 radical (unpaired) electrons. The Morgan fingerprint density at radius 3 is 1.06 bits per heavy atom. The van der Waals surface area contributed by atoms with Gasteiger partial charge in [-0.3, -0.25) is 0 Å². The van der Waals surface area contributed by atoms with Crippen molar-refractivity contribution in [3.63, 3.8) is 0 Å². The molecule has 0 heterocycles. The van der Waals surface area contributed by atoms with Gasteiger partial charge in [-0.1, -0.05) is 113 Å². The van der Waals surface area contributed by atoms with E-state index in [1.165, 1.54) is 0 Å². The van der Waals surface area contributed by atoms with E-state index in [0.717, 1.165) is 22.3 Å². The Balaban J connectivity index is 1.90. The highest BCUT2D eigenvalue weighted by Crippen LogP contribution is 2.34. The molecule has 0 aliphatic rings. The molecule has 0 saturated carbocycles. The van der Waals surface area contributed by atoms with Gasteiger partial charge in [0.05, 0.1) is 15.6 Å². The van der Waals surface area contributed by atoms with Crippen molar-refractivity contribution in [3.05, 3.63) is 140 Å². The van der Waals surface area contributed by atoms with Crippen LogP contribution in [0.3, 0.4) is 0 Å². The lowest BCUT2D eigenvalue weighted by atomic mass is 9.97. The second-order valence-electron chi connectivity index (χ2n) is 7.23. The molecule has 4 rings (SSSR count). The third kappa shape index (κ3) is 5.50. The summed E-state index contributed by atoms with van der Waals surface area (Å²) < 4.78 is 0. The Morgan fingerprint density at radius 1 is 0.424 bits per heavy atom. The molecule has 0 nitrogen and oxygen atoms in total. The average Bonchev–Trinajstić information content (AvgIpc) is 2.86. The molecule has 0 fully saturated rings. The van der Waals surface area contributed by atoms with E-state index in [1.54, 1.807) is 0 Å². The first-order valence-corrected chi connectivity index (χ1v) is 11.1. The second kappa shape index (κ2) is 10.6. The molecule has 0 amide bonds. The van der Waals surface area contributed by atoms with Gasteiger partial charge in [-0.25, -0.2) is 0 Å². The molecule has 0 aromatic heterocycles. The summed E-state index contributed by atoms with van der Waals surface area (Å²) in [5.74, 6) is 19.1. The fourth-order valence-electron chi connectivity index (χ4n) is 3.18. The van der Waals surface area contributed by atoms with E-state index in [9.17, 15) is 0 Å². The molecule has 0 saturated heterocycles. The minimum Gasteiger partial charge on any atom is -0.0815 e. The van der Waals surface area contributed by atoms with Gasteiger partial charge in [0.25, 0.3) is 0 Å². The monoisotopic (exact) mass is 460 g/mol. The molecular weight excluding hydrogens is 443 g/mol. The first-order chi connectivity index (χ1) is 16.1. The zero-order valence-electron chi connectivity index (χ0n) is 17.9. The van der Waals surface area contributed by atoms with Crippen molar-refractivity contribution in [2.45, 2.75) is 6.92 Å². The molecule has 0 N–H and O–H groups in total. The number of halogens is 2. The van der Waals surface area contributed by atoms with Gasteiger partial charge in [-0.2, -0.15) is 0 Å². The predicted octanol–water partition coefficient (Wildman–Crippen LogP) is 7.50. The van der Waals surface area contributed by atoms with Gasteiger partial charge in [-0.05, 0) is 48.9 Å². The smallest absolute Gasteiger partial charge is 0.0737 e. The minimum absolute atomic E-state index is 0.439. The standard InChI is InChI=1S/C31H18Cl2/c1-23-27(20-17-24-11-5-2-6-12-24)30(32)29(22-19-26-15-9-4-10-16-26)31(33)28(23)21-18-25-13-7-3-8-14-25/h2-16H,1H3. The third-order valence-electron chi connectivity index (χ3n) is 4.94. The first-order valence-electron chi connectivity index (χ1n) is 10.4. The molecule has 0 atom stereocenters. The normalized spacial score (nSPS) is 9.55. The largest absolute Gasteiger partial charge is 0.0815 e. The molecule has 4 aromatic rings. The van der Waals surface area contributed by atoms with Crippen molar-refractivity contribution in [3.8, 4) is 35.5 Å². The number of hydrogen-bond acceptors (Lipinski definition) is 0. The molecule has 0 bridgehead atoms. The topological polar surface area (TPSA) is 0 Å². The molecule has 156 valence electrons. The highest BCUT2D eigenvalue weighted by Gasteiger charge is 2.17. The molecule has 0 aliphatic heterocycles. The first kappa shape index (κ1) is 22.3. The van der Waals surface area contributed by atoms with Crippen LogP contribution in [0.5, 0.6) is 0 Å². The lowest BCUT2D eigenvalue weighted by molar-refractivity contribution is 1.39. The van der Waals surface area contributed by atoms with Crippen molar-refractivity contribution >= 4 is 23.2 Å². The maximum atomic E-state index is 6.80. The van der Waals surface area contributed by atoms with Gasteiger partial charge < -0.3 is 0 Å². The van der Waals surface area contributed by atoms with Crippen LogP contribution in [0, 0.1) is 42.4 Å². The molecule has 2 heteroatoms. The van der Waals surface area contributed by atoms with Crippen molar-refractivity contribution < 1.29 is 0 Å². The van der Waals surface area contributed by atoms with Crippen molar-refractivity contribution in [2.75, 3.05) is 0 Å². The highest BCUT2D eigenvalue weighted by molar-refractivity contribution is 6.38. The van der Waals surface area contributed by atoms with Gasteiger partial charge in [0.1, 0.15) is 0 Å². The minimum atomic E-state index is 0.439. The number of rotatable bonds is 0. The van der Waals surface area contributed by atoms with Crippen molar-refractivity contribution in [2.24, 2.45) is 0 Å². The van der Waals surface area contributed by atoms with Gasteiger partial charge in [0.2, 0.25) is 0 Å². The number of benzene rings is 4. The molecule has 33 heavy (non-hydrogen) atoms. The Hall–Kier alpha value is -3.86. The average molecular weight is 461 g/mol. The summed E-state index contributed by atoms with van der Waals surface area (Å²) in [4.78, 5) is 0. The van der Waals surface area contributed by atoms with Gasteiger partial charge in [-0.15, -0.1) is 0 Å². The van der Waals surface area contributed by atoms with E-state index < -0.39 is 0 Å². The lowest BCUT2D eigenvalue weighted by Gasteiger charge is -2.11. The second-order valence-corrected chi connectivity index (χ2v) is 7.98. The van der Waals surface area contributed by atoms with E-state index in [-0.39, 0.29) is 0 Å². The highest BCUT2D eigenvalue weighted by atomic mass is 35.5. The Morgan fingerprint density at radius 2 is 0.727 bits per heavy atom. The zero-order chi connectivity index (χ0) is 23.0. The Labute approximate surface area is 205 Å². The van der Waals surface area contributed by atoms with Crippen LogP contribution in [0.1, 0.15) is 38.9 Å². The van der Waals surface area contributed by atoms with E-state index >= 15 is 0 Å². The fraction of sp³-hybridized carbons (Fsp3) is 0.0323. The van der Waals surface area contributed by atoms with Crippen LogP contribution in [-0.2, 0) is 0 Å². The number of hydrogen-bond donors (Lipinski definition) is 0. The Bertz CT molecular complexity index is 1260. The van der Waals surface area contributed by atoms with E-state index in [2.05, 4.69) is 35.5 Å². The molecule has 0 spiro atoms. The van der Waals surface area contributed by atoms with Crippen LogP contribution in [0.25, 0.3) is 0 Å². The van der Waals surface area contributed by atoms with Crippen LogP contribution < -0.4 is 0 Å². The molecule has 4 aromatic carbocycles. The molecule has 0 unspecified atom stereocenters. The van der Waals surface area contributed by atoms with Crippen molar-refractivity contribution in [1.82, 2.24) is 0 Å². The Kier molecular flexibility index (Phi) is 7.20.